The van der Waals surface area contributed by atoms with Crippen molar-refractivity contribution in [2.24, 2.45) is 29.0 Å². The fourth-order valence-corrected chi connectivity index (χ4v) is 3.97. The van der Waals surface area contributed by atoms with Crippen LogP contribution in [0.25, 0.3) is 0 Å². The normalized spacial score (nSPS) is 37.1. The van der Waals surface area contributed by atoms with Gasteiger partial charge in [0.15, 0.2) is 0 Å². The van der Waals surface area contributed by atoms with Gasteiger partial charge in [-0.25, -0.2) is 0 Å². The van der Waals surface area contributed by atoms with Crippen LogP contribution in [0.3, 0.4) is 0 Å². The molecular weight excluding hydrogens is 210 g/mol. The summed E-state index contributed by atoms with van der Waals surface area (Å²) >= 11 is 0. The van der Waals surface area contributed by atoms with Gasteiger partial charge in [-0.3, -0.25) is 0 Å². The van der Waals surface area contributed by atoms with Crippen molar-refractivity contribution in [3.8, 4) is 0 Å². The molecule has 2 saturated carbocycles. The molecule has 0 amide bonds. The van der Waals surface area contributed by atoms with Crippen LogP contribution in [0.2, 0.25) is 0 Å². The molecular formula is C14H29N3. The van der Waals surface area contributed by atoms with E-state index in [1.54, 1.807) is 0 Å². The first-order valence-electron chi connectivity index (χ1n) is 7.32. The third-order valence-corrected chi connectivity index (χ3v) is 5.18. The van der Waals surface area contributed by atoms with Crippen LogP contribution in [-0.2, 0) is 0 Å². The van der Waals surface area contributed by atoms with E-state index < -0.39 is 5.66 Å². The molecule has 3 heteroatoms. The number of hydrogen-bond acceptors (Lipinski definition) is 3. The standard InChI is InChI=1S/C14H29N3/c1-11-6-5-9-13(15,10-11)14(16,17)12-7-3-2-4-8-12/h11-12H,2-10,15-17H2,1H3. The Hall–Kier alpha value is -0.120. The van der Waals surface area contributed by atoms with Crippen molar-refractivity contribution >= 4 is 0 Å². The average molecular weight is 239 g/mol. The molecule has 2 aliphatic carbocycles. The SMILES string of the molecule is CC1CCCC(N)(C(N)(N)C2CCCCC2)C1. The molecule has 0 radical (unpaired) electrons. The number of rotatable bonds is 2. The molecule has 6 N–H and O–H groups in total. The minimum atomic E-state index is -0.665. The van der Waals surface area contributed by atoms with Crippen molar-refractivity contribution in [1.29, 1.82) is 0 Å². The summed E-state index contributed by atoms with van der Waals surface area (Å²) in [7, 11) is 0. The zero-order valence-electron chi connectivity index (χ0n) is 11.3. The Morgan fingerprint density at radius 3 is 2.24 bits per heavy atom. The largest absolute Gasteiger partial charge is 0.322 e. The van der Waals surface area contributed by atoms with E-state index >= 15 is 0 Å². The van der Waals surface area contributed by atoms with Gasteiger partial charge >= 0.3 is 0 Å². The molecule has 2 fully saturated rings. The van der Waals surface area contributed by atoms with Crippen LogP contribution in [0, 0.1) is 11.8 Å². The van der Waals surface area contributed by atoms with E-state index in [0.717, 1.165) is 12.8 Å². The van der Waals surface area contributed by atoms with Crippen molar-refractivity contribution < 1.29 is 0 Å². The molecule has 0 heterocycles. The maximum absolute atomic E-state index is 6.61. The molecule has 17 heavy (non-hydrogen) atoms. The van der Waals surface area contributed by atoms with Gasteiger partial charge in [-0.2, -0.15) is 0 Å². The van der Waals surface area contributed by atoms with Crippen molar-refractivity contribution in [1.82, 2.24) is 0 Å². The van der Waals surface area contributed by atoms with E-state index in [-0.39, 0.29) is 5.54 Å². The van der Waals surface area contributed by atoms with Crippen molar-refractivity contribution in [2.75, 3.05) is 0 Å². The number of hydrogen-bond donors (Lipinski definition) is 3. The van der Waals surface area contributed by atoms with E-state index in [1.165, 1.54) is 44.9 Å². The Balaban J connectivity index is 2.11. The van der Waals surface area contributed by atoms with E-state index in [4.69, 9.17) is 17.2 Å². The molecule has 0 aromatic carbocycles. The Morgan fingerprint density at radius 2 is 1.65 bits per heavy atom. The maximum atomic E-state index is 6.61. The van der Waals surface area contributed by atoms with Gasteiger partial charge in [-0.15, -0.1) is 0 Å². The highest BCUT2D eigenvalue weighted by molar-refractivity contribution is 5.09. The third kappa shape index (κ3) is 2.51. The molecule has 0 aromatic rings. The summed E-state index contributed by atoms with van der Waals surface area (Å²) in [5, 5.41) is 0. The van der Waals surface area contributed by atoms with Gasteiger partial charge < -0.3 is 17.2 Å². The van der Waals surface area contributed by atoms with Crippen LogP contribution in [0.15, 0.2) is 0 Å². The number of nitrogens with two attached hydrogens (primary N) is 3. The zero-order chi connectivity index (χ0) is 12.5. The zero-order valence-corrected chi connectivity index (χ0v) is 11.3. The quantitative estimate of drug-likeness (QED) is 0.646. The van der Waals surface area contributed by atoms with Crippen LogP contribution in [-0.4, -0.2) is 11.2 Å². The van der Waals surface area contributed by atoms with Gasteiger partial charge in [0, 0.05) is 5.54 Å². The lowest BCUT2D eigenvalue weighted by atomic mass is 9.63. The van der Waals surface area contributed by atoms with Crippen molar-refractivity contribution in [2.45, 2.75) is 75.9 Å². The molecule has 2 atom stereocenters. The predicted molar refractivity (Wildman–Crippen MR) is 72.2 cm³/mol. The molecule has 0 saturated heterocycles. The molecule has 2 rings (SSSR count). The summed E-state index contributed by atoms with van der Waals surface area (Å²) < 4.78 is 0. The summed E-state index contributed by atoms with van der Waals surface area (Å²) in [6.07, 6.45) is 10.7. The van der Waals surface area contributed by atoms with E-state index in [1.807, 2.05) is 0 Å². The highest BCUT2D eigenvalue weighted by atomic mass is 15.1. The fourth-order valence-electron chi connectivity index (χ4n) is 3.97. The Labute approximate surface area is 105 Å². The van der Waals surface area contributed by atoms with E-state index in [2.05, 4.69) is 6.92 Å². The minimum absolute atomic E-state index is 0.341. The lowest BCUT2D eigenvalue weighted by molar-refractivity contribution is 0.0660. The van der Waals surface area contributed by atoms with Crippen molar-refractivity contribution in [3.63, 3.8) is 0 Å². The first-order valence-corrected chi connectivity index (χ1v) is 7.32. The second-order valence-electron chi connectivity index (χ2n) is 6.63. The van der Waals surface area contributed by atoms with E-state index in [0.29, 0.717) is 11.8 Å². The summed E-state index contributed by atoms with van der Waals surface area (Å²) in [6.45, 7) is 2.28. The van der Waals surface area contributed by atoms with Gasteiger partial charge in [0.05, 0.1) is 5.66 Å². The van der Waals surface area contributed by atoms with Gasteiger partial charge in [-0.1, -0.05) is 39.0 Å². The van der Waals surface area contributed by atoms with Crippen LogP contribution in [0.5, 0.6) is 0 Å². The second kappa shape index (κ2) is 4.87. The highest BCUT2D eigenvalue weighted by Gasteiger charge is 2.49. The predicted octanol–water partition coefficient (Wildman–Crippen LogP) is 2.09. The molecule has 2 aliphatic rings. The lowest BCUT2D eigenvalue weighted by Crippen LogP contribution is -2.75. The van der Waals surface area contributed by atoms with Gasteiger partial charge in [0.2, 0.25) is 0 Å². The van der Waals surface area contributed by atoms with Crippen molar-refractivity contribution in [3.05, 3.63) is 0 Å². The van der Waals surface area contributed by atoms with Crippen LogP contribution < -0.4 is 17.2 Å². The first-order chi connectivity index (χ1) is 7.96. The summed E-state index contributed by atoms with van der Waals surface area (Å²) in [4.78, 5) is 0. The molecule has 0 bridgehead atoms. The third-order valence-electron chi connectivity index (χ3n) is 5.18. The van der Waals surface area contributed by atoms with Crippen LogP contribution in [0.1, 0.15) is 64.7 Å². The minimum Gasteiger partial charge on any atom is -0.322 e. The maximum Gasteiger partial charge on any atom is 0.0850 e. The smallest absolute Gasteiger partial charge is 0.0850 e. The fraction of sp³-hybridized carbons (Fsp3) is 1.00. The van der Waals surface area contributed by atoms with E-state index in [9.17, 15) is 0 Å². The lowest BCUT2D eigenvalue weighted by Gasteiger charge is -2.52. The first kappa shape index (κ1) is 13.3. The molecule has 100 valence electrons. The molecule has 3 nitrogen and oxygen atoms in total. The average Bonchev–Trinajstić information content (AvgIpc) is 2.29. The van der Waals surface area contributed by atoms with Gasteiger partial charge in [0.25, 0.3) is 0 Å². The topological polar surface area (TPSA) is 78.1 Å². The monoisotopic (exact) mass is 239 g/mol. The summed E-state index contributed by atoms with van der Waals surface area (Å²) in [6, 6.07) is 0. The van der Waals surface area contributed by atoms with Crippen LogP contribution >= 0.6 is 0 Å². The Kier molecular flexibility index (Phi) is 3.81. The van der Waals surface area contributed by atoms with Gasteiger partial charge in [0.1, 0.15) is 0 Å². The molecule has 0 aromatic heterocycles. The van der Waals surface area contributed by atoms with Crippen LogP contribution in [0.4, 0.5) is 0 Å². The molecule has 0 aliphatic heterocycles. The second-order valence-corrected chi connectivity index (χ2v) is 6.63. The summed E-state index contributed by atoms with van der Waals surface area (Å²) in [5.41, 5.74) is 18.6. The summed E-state index contributed by atoms with van der Waals surface area (Å²) in [5.74, 6) is 1.09. The Bertz CT molecular complexity index is 258. The Morgan fingerprint density at radius 1 is 1.00 bits per heavy atom. The highest BCUT2D eigenvalue weighted by Crippen LogP contribution is 2.41. The molecule has 2 unspecified atom stereocenters. The van der Waals surface area contributed by atoms with Gasteiger partial charge in [-0.05, 0) is 37.5 Å². The molecule has 0 spiro atoms.